The van der Waals surface area contributed by atoms with Crippen LogP contribution in [-0.2, 0) is 20.9 Å². The maximum absolute atomic E-state index is 12.3. The lowest BCUT2D eigenvalue weighted by Gasteiger charge is -2.04. The molecule has 0 N–H and O–H groups in total. The van der Waals surface area contributed by atoms with Gasteiger partial charge < -0.3 is 14.0 Å². The zero-order valence-electron chi connectivity index (χ0n) is 14.6. The number of halogens is 1. The predicted molar refractivity (Wildman–Crippen MR) is 107 cm³/mol. The monoisotopic (exact) mass is 448 g/mol. The Morgan fingerprint density at radius 1 is 1.19 bits per heavy atom. The van der Waals surface area contributed by atoms with E-state index in [4.69, 9.17) is 9.47 Å². The molecule has 1 amide bonds. The zero-order valence-corrected chi connectivity index (χ0v) is 17.0. The van der Waals surface area contributed by atoms with Crippen molar-refractivity contribution in [3.05, 3.63) is 57.8 Å². The first-order chi connectivity index (χ1) is 13.1. The van der Waals surface area contributed by atoms with Crippen molar-refractivity contribution in [3.8, 4) is 5.75 Å². The molecule has 0 aliphatic carbocycles. The Bertz CT molecular complexity index is 1030. The second kappa shape index (κ2) is 8.96. The first kappa shape index (κ1) is 19.3. The van der Waals surface area contributed by atoms with Crippen molar-refractivity contribution in [2.75, 3.05) is 13.7 Å². The van der Waals surface area contributed by atoms with Crippen LogP contribution in [0.2, 0.25) is 0 Å². The number of amides is 1. The molecule has 3 aromatic rings. The average molecular weight is 449 g/mol. The highest BCUT2D eigenvalue weighted by molar-refractivity contribution is 9.10. The molecule has 0 aliphatic heterocycles. The number of rotatable bonds is 6. The third kappa shape index (κ3) is 5.05. The molecule has 3 rings (SSSR count). The summed E-state index contributed by atoms with van der Waals surface area (Å²) in [6.45, 7) is 0.227. The lowest BCUT2D eigenvalue weighted by Crippen LogP contribution is -2.22. The first-order valence-electron chi connectivity index (χ1n) is 8.18. The van der Waals surface area contributed by atoms with Gasteiger partial charge in [0.2, 0.25) is 0 Å². The molecule has 6 nitrogen and oxygen atoms in total. The van der Waals surface area contributed by atoms with Gasteiger partial charge in [0, 0.05) is 4.47 Å². The molecule has 27 heavy (non-hydrogen) atoms. The quantitative estimate of drug-likeness (QED) is 0.540. The molecule has 0 aliphatic rings. The zero-order chi connectivity index (χ0) is 19.2. The molecule has 8 heteroatoms. The van der Waals surface area contributed by atoms with E-state index in [0.29, 0.717) is 10.6 Å². The maximum Gasteiger partial charge on any atom is 0.325 e. The number of esters is 1. The summed E-state index contributed by atoms with van der Waals surface area (Å²) in [5.41, 5.74) is 0.820. The van der Waals surface area contributed by atoms with Crippen molar-refractivity contribution in [2.24, 2.45) is 4.99 Å². The maximum atomic E-state index is 12.3. The Kier molecular flexibility index (Phi) is 6.41. The molecule has 0 saturated heterocycles. The van der Waals surface area contributed by atoms with Gasteiger partial charge in [-0.15, -0.1) is 0 Å². The number of aromatic nitrogens is 1. The third-order valence-electron chi connectivity index (χ3n) is 3.71. The number of hydrogen-bond donors (Lipinski definition) is 0. The molecular formula is C19H17BrN2O4S. The second-order valence-corrected chi connectivity index (χ2v) is 7.50. The summed E-state index contributed by atoms with van der Waals surface area (Å²) in [7, 11) is 1.33. The van der Waals surface area contributed by atoms with Crippen molar-refractivity contribution < 1.29 is 19.1 Å². The van der Waals surface area contributed by atoms with Gasteiger partial charge in [0.1, 0.15) is 12.3 Å². The highest BCUT2D eigenvalue weighted by Crippen LogP contribution is 2.22. The SMILES string of the molecule is COC(=O)Cn1c(=NC(=O)CCOc2ccccc2)sc2cc(Br)ccc21. The molecule has 1 aromatic heterocycles. The molecule has 0 saturated carbocycles. The van der Waals surface area contributed by atoms with E-state index in [-0.39, 0.29) is 25.5 Å². The van der Waals surface area contributed by atoms with Crippen LogP contribution >= 0.6 is 27.3 Å². The minimum absolute atomic E-state index is 0.00917. The number of thiazole rings is 1. The first-order valence-corrected chi connectivity index (χ1v) is 9.79. The summed E-state index contributed by atoms with van der Waals surface area (Å²) in [6, 6.07) is 15.0. The normalized spacial score (nSPS) is 11.6. The largest absolute Gasteiger partial charge is 0.493 e. The summed E-state index contributed by atoms with van der Waals surface area (Å²) < 4.78 is 13.8. The number of benzene rings is 2. The fourth-order valence-electron chi connectivity index (χ4n) is 2.41. The number of carbonyl (C=O) groups is 2. The number of methoxy groups -OCH3 is 1. The number of carbonyl (C=O) groups excluding carboxylic acids is 2. The number of nitrogens with zero attached hydrogens (tertiary/aromatic N) is 2. The Morgan fingerprint density at radius 2 is 1.96 bits per heavy atom. The van der Waals surface area contributed by atoms with E-state index in [2.05, 4.69) is 20.9 Å². The fraction of sp³-hybridized carbons (Fsp3) is 0.211. The van der Waals surface area contributed by atoms with Crippen LogP contribution in [-0.4, -0.2) is 30.2 Å². The van der Waals surface area contributed by atoms with Gasteiger partial charge in [0.05, 0.1) is 30.4 Å². The topological polar surface area (TPSA) is 69.9 Å². The van der Waals surface area contributed by atoms with E-state index in [0.717, 1.165) is 14.7 Å². The van der Waals surface area contributed by atoms with Crippen LogP contribution in [0.4, 0.5) is 0 Å². The van der Waals surface area contributed by atoms with E-state index in [1.54, 1.807) is 4.57 Å². The molecule has 1 heterocycles. The molecule has 0 radical (unpaired) electrons. The Morgan fingerprint density at radius 3 is 2.70 bits per heavy atom. The van der Waals surface area contributed by atoms with E-state index in [9.17, 15) is 9.59 Å². The van der Waals surface area contributed by atoms with Crippen LogP contribution in [0.15, 0.2) is 58.0 Å². The molecular weight excluding hydrogens is 432 g/mol. The Balaban J connectivity index is 1.81. The van der Waals surface area contributed by atoms with Gasteiger partial charge >= 0.3 is 5.97 Å². The molecule has 0 unspecified atom stereocenters. The number of fused-ring (bicyclic) bond motifs is 1. The highest BCUT2D eigenvalue weighted by Gasteiger charge is 2.12. The standard InChI is InChI=1S/C19H17BrN2O4S/c1-25-18(24)12-22-15-8-7-13(20)11-16(15)27-19(22)21-17(23)9-10-26-14-5-3-2-4-6-14/h2-8,11H,9-10,12H2,1H3. The van der Waals surface area contributed by atoms with Gasteiger partial charge in [-0.3, -0.25) is 9.59 Å². The lowest BCUT2D eigenvalue weighted by molar-refractivity contribution is -0.141. The third-order valence-corrected chi connectivity index (χ3v) is 5.24. The number of hydrogen-bond acceptors (Lipinski definition) is 5. The summed E-state index contributed by atoms with van der Waals surface area (Å²) in [5.74, 6) is -0.00753. The van der Waals surface area contributed by atoms with Crippen LogP contribution in [0.3, 0.4) is 0 Å². The van der Waals surface area contributed by atoms with Crippen LogP contribution in [0.1, 0.15) is 6.42 Å². The highest BCUT2D eigenvalue weighted by atomic mass is 79.9. The summed E-state index contributed by atoms with van der Waals surface area (Å²) >= 11 is 4.78. The lowest BCUT2D eigenvalue weighted by atomic mass is 10.3. The van der Waals surface area contributed by atoms with Crippen molar-refractivity contribution >= 4 is 49.4 Å². The van der Waals surface area contributed by atoms with Gasteiger partial charge in [-0.1, -0.05) is 45.5 Å². The van der Waals surface area contributed by atoms with Crippen molar-refractivity contribution in [1.29, 1.82) is 0 Å². The van der Waals surface area contributed by atoms with Crippen LogP contribution in [0.5, 0.6) is 5.75 Å². The summed E-state index contributed by atoms with van der Waals surface area (Å²) in [4.78, 5) is 28.7. The summed E-state index contributed by atoms with van der Waals surface area (Å²) in [6.07, 6.45) is 0.144. The average Bonchev–Trinajstić information content (AvgIpc) is 2.98. The smallest absolute Gasteiger partial charge is 0.325 e. The Labute approximate surface area is 168 Å². The van der Waals surface area contributed by atoms with Gasteiger partial charge in [-0.05, 0) is 30.3 Å². The van der Waals surface area contributed by atoms with Crippen LogP contribution < -0.4 is 9.54 Å². The van der Waals surface area contributed by atoms with Crippen LogP contribution in [0, 0.1) is 0 Å². The number of para-hydroxylation sites is 1. The van der Waals surface area contributed by atoms with Crippen LogP contribution in [0.25, 0.3) is 10.2 Å². The fourth-order valence-corrected chi connectivity index (χ4v) is 4.01. The van der Waals surface area contributed by atoms with Crippen molar-refractivity contribution in [2.45, 2.75) is 13.0 Å². The molecule has 0 fully saturated rings. The molecule has 0 spiro atoms. The molecule has 0 bridgehead atoms. The minimum Gasteiger partial charge on any atom is -0.493 e. The van der Waals surface area contributed by atoms with E-state index < -0.39 is 5.97 Å². The molecule has 2 aromatic carbocycles. The second-order valence-electron chi connectivity index (χ2n) is 5.58. The van der Waals surface area contributed by atoms with Crippen molar-refractivity contribution in [1.82, 2.24) is 4.57 Å². The van der Waals surface area contributed by atoms with E-state index >= 15 is 0 Å². The summed E-state index contributed by atoms with van der Waals surface area (Å²) in [5, 5.41) is 0. The van der Waals surface area contributed by atoms with Crippen molar-refractivity contribution in [3.63, 3.8) is 0 Å². The molecule has 0 atom stereocenters. The predicted octanol–water partition coefficient (Wildman–Crippen LogP) is 3.53. The van der Waals surface area contributed by atoms with E-state index in [1.165, 1.54) is 18.4 Å². The van der Waals surface area contributed by atoms with Gasteiger partial charge in [0.25, 0.3) is 5.91 Å². The van der Waals surface area contributed by atoms with E-state index in [1.807, 2.05) is 48.5 Å². The van der Waals surface area contributed by atoms with Gasteiger partial charge in [-0.2, -0.15) is 4.99 Å². The Hall–Kier alpha value is -2.45. The minimum atomic E-state index is -0.404. The number of ether oxygens (including phenoxy) is 2. The van der Waals surface area contributed by atoms with Gasteiger partial charge in [-0.25, -0.2) is 0 Å². The van der Waals surface area contributed by atoms with Gasteiger partial charge in [0.15, 0.2) is 4.80 Å². The molecule has 140 valence electrons.